The average molecular weight is 200 g/mol. The summed E-state index contributed by atoms with van der Waals surface area (Å²) in [5.41, 5.74) is -0.0910. The Labute approximate surface area is 83.5 Å². The third kappa shape index (κ3) is 1.91. The van der Waals surface area contributed by atoms with Gasteiger partial charge in [0.2, 0.25) is 0 Å². The first kappa shape index (κ1) is 9.93. The molecule has 0 aromatic heterocycles. The Morgan fingerprint density at radius 1 is 1.64 bits per heavy atom. The van der Waals surface area contributed by atoms with Crippen LogP contribution in [0.2, 0.25) is 0 Å². The number of esters is 1. The minimum absolute atomic E-state index is 0.0910. The minimum atomic E-state index is -0.131. The van der Waals surface area contributed by atoms with Crippen LogP contribution in [0, 0.1) is 5.41 Å². The number of hydrogen-bond acceptors (Lipinski definition) is 4. The van der Waals surface area contributed by atoms with E-state index in [0.717, 1.165) is 19.6 Å². The van der Waals surface area contributed by atoms with E-state index in [4.69, 9.17) is 14.2 Å². The fraction of sp³-hybridized carbons (Fsp3) is 0.900. The van der Waals surface area contributed by atoms with E-state index >= 15 is 0 Å². The lowest BCUT2D eigenvalue weighted by molar-refractivity contribution is -0.146. The van der Waals surface area contributed by atoms with Crippen molar-refractivity contribution in [2.24, 2.45) is 5.41 Å². The van der Waals surface area contributed by atoms with Crippen molar-refractivity contribution in [1.29, 1.82) is 0 Å². The van der Waals surface area contributed by atoms with Crippen molar-refractivity contribution >= 4 is 5.97 Å². The maximum atomic E-state index is 11.4. The standard InChI is InChI=1S/C10H16O4/c1-2-13-9(11)5-10(8-6-14-8)3-4-12-7-10/h8H,2-7H2,1H3. The van der Waals surface area contributed by atoms with Crippen LogP contribution in [0.15, 0.2) is 0 Å². The number of rotatable bonds is 4. The molecule has 0 amide bonds. The van der Waals surface area contributed by atoms with Gasteiger partial charge in [0.15, 0.2) is 0 Å². The summed E-state index contributed by atoms with van der Waals surface area (Å²) in [5, 5.41) is 0. The molecule has 0 bridgehead atoms. The second kappa shape index (κ2) is 3.87. The van der Waals surface area contributed by atoms with Gasteiger partial charge in [-0.3, -0.25) is 4.79 Å². The molecule has 4 heteroatoms. The van der Waals surface area contributed by atoms with Gasteiger partial charge in [0.25, 0.3) is 0 Å². The molecule has 80 valence electrons. The molecule has 2 heterocycles. The molecule has 14 heavy (non-hydrogen) atoms. The van der Waals surface area contributed by atoms with Gasteiger partial charge in [-0.25, -0.2) is 0 Å². The molecule has 2 unspecified atom stereocenters. The van der Waals surface area contributed by atoms with E-state index in [1.165, 1.54) is 0 Å². The molecule has 0 spiro atoms. The zero-order valence-electron chi connectivity index (χ0n) is 8.45. The molecule has 2 aliphatic rings. The summed E-state index contributed by atoms with van der Waals surface area (Å²) in [5.74, 6) is -0.131. The van der Waals surface area contributed by atoms with E-state index < -0.39 is 0 Å². The quantitative estimate of drug-likeness (QED) is 0.496. The highest BCUT2D eigenvalue weighted by molar-refractivity contribution is 5.70. The zero-order chi connectivity index (χ0) is 10.0. The highest BCUT2D eigenvalue weighted by atomic mass is 16.6. The summed E-state index contributed by atoms with van der Waals surface area (Å²) in [7, 11) is 0. The first-order chi connectivity index (χ1) is 6.77. The largest absolute Gasteiger partial charge is 0.466 e. The van der Waals surface area contributed by atoms with Crippen LogP contribution in [0.3, 0.4) is 0 Å². The fourth-order valence-corrected chi connectivity index (χ4v) is 2.03. The summed E-state index contributed by atoms with van der Waals surface area (Å²) in [6.45, 7) is 4.41. The fourth-order valence-electron chi connectivity index (χ4n) is 2.03. The Kier molecular flexibility index (Phi) is 2.74. The van der Waals surface area contributed by atoms with Crippen LogP contribution in [0.25, 0.3) is 0 Å². The molecule has 0 aromatic rings. The number of carbonyl (C=O) groups is 1. The molecular formula is C10H16O4. The summed E-state index contributed by atoms with van der Waals surface area (Å²) >= 11 is 0. The molecule has 0 radical (unpaired) electrons. The van der Waals surface area contributed by atoms with Gasteiger partial charge in [0.05, 0.1) is 32.3 Å². The van der Waals surface area contributed by atoms with Gasteiger partial charge in [-0.1, -0.05) is 0 Å². The second-order valence-corrected chi connectivity index (χ2v) is 3.97. The lowest BCUT2D eigenvalue weighted by Gasteiger charge is -2.23. The van der Waals surface area contributed by atoms with Crippen molar-refractivity contribution in [3.63, 3.8) is 0 Å². The molecule has 4 nitrogen and oxygen atoms in total. The predicted molar refractivity (Wildman–Crippen MR) is 48.9 cm³/mol. The maximum absolute atomic E-state index is 11.4. The monoisotopic (exact) mass is 200 g/mol. The molecule has 0 aliphatic carbocycles. The Hall–Kier alpha value is -0.610. The Morgan fingerprint density at radius 3 is 2.93 bits per heavy atom. The van der Waals surface area contributed by atoms with E-state index in [0.29, 0.717) is 19.6 Å². The van der Waals surface area contributed by atoms with E-state index in [-0.39, 0.29) is 17.5 Å². The predicted octanol–water partition coefficient (Wildman–Crippen LogP) is 0.745. The first-order valence-corrected chi connectivity index (χ1v) is 5.12. The van der Waals surface area contributed by atoms with E-state index in [9.17, 15) is 4.79 Å². The lowest BCUT2D eigenvalue weighted by Crippen LogP contribution is -2.31. The van der Waals surface area contributed by atoms with Crippen molar-refractivity contribution in [2.45, 2.75) is 25.9 Å². The topological polar surface area (TPSA) is 48.1 Å². The van der Waals surface area contributed by atoms with E-state index in [1.807, 2.05) is 6.92 Å². The van der Waals surface area contributed by atoms with Crippen LogP contribution in [0.5, 0.6) is 0 Å². The van der Waals surface area contributed by atoms with E-state index in [2.05, 4.69) is 0 Å². The Bertz CT molecular complexity index is 216. The van der Waals surface area contributed by atoms with E-state index in [1.54, 1.807) is 0 Å². The average Bonchev–Trinajstić information content (AvgIpc) is 2.90. The van der Waals surface area contributed by atoms with Crippen molar-refractivity contribution < 1.29 is 19.0 Å². The third-order valence-corrected chi connectivity index (χ3v) is 2.95. The normalized spacial score (nSPS) is 35.6. The third-order valence-electron chi connectivity index (χ3n) is 2.95. The lowest BCUT2D eigenvalue weighted by atomic mass is 9.80. The molecule has 2 fully saturated rings. The Balaban J connectivity index is 1.93. The highest BCUT2D eigenvalue weighted by Crippen LogP contribution is 2.43. The van der Waals surface area contributed by atoms with Crippen molar-refractivity contribution in [3.8, 4) is 0 Å². The molecule has 0 N–H and O–H groups in total. The van der Waals surface area contributed by atoms with Gasteiger partial charge >= 0.3 is 5.97 Å². The highest BCUT2D eigenvalue weighted by Gasteiger charge is 2.50. The van der Waals surface area contributed by atoms with Gasteiger partial charge in [-0.05, 0) is 13.3 Å². The summed E-state index contributed by atoms with van der Waals surface area (Å²) < 4.78 is 15.6. The van der Waals surface area contributed by atoms with Crippen molar-refractivity contribution in [3.05, 3.63) is 0 Å². The molecular weight excluding hydrogens is 184 g/mol. The first-order valence-electron chi connectivity index (χ1n) is 5.12. The molecule has 2 aliphatic heterocycles. The van der Waals surface area contributed by atoms with Crippen LogP contribution in [-0.2, 0) is 19.0 Å². The second-order valence-electron chi connectivity index (χ2n) is 3.97. The summed E-state index contributed by atoms with van der Waals surface area (Å²) in [6.07, 6.45) is 1.57. The van der Waals surface area contributed by atoms with Crippen molar-refractivity contribution in [2.75, 3.05) is 26.4 Å². The van der Waals surface area contributed by atoms with Gasteiger partial charge in [-0.15, -0.1) is 0 Å². The number of ether oxygens (including phenoxy) is 3. The van der Waals surface area contributed by atoms with Crippen LogP contribution < -0.4 is 0 Å². The van der Waals surface area contributed by atoms with Crippen LogP contribution in [0.1, 0.15) is 19.8 Å². The zero-order valence-corrected chi connectivity index (χ0v) is 8.45. The smallest absolute Gasteiger partial charge is 0.306 e. The van der Waals surface area contributed by atoms with Crippen LogP contribution in [0.4, 0.5) is 0 Å². The van der Waals surface area contributed by atoms with Crippen LogP contribution in [-0.4, -0.2) is 38.5 Å². The maximum Gasteiger partial charge on any atom is 0.306 e. The van der Waals surface area contributed by atoms with Gasteiger partial charge < -0.3 is 14.2 Å². The molecule has 2 saturated heterocycles. The summed E-state index contributed by atoms with van der Waals surface area (Å²) in [6, 6.07) is 0. The van der Waals surface area contributed by atoms with Gasteiger partial charge in [-0.2, -0.15) is 0 Å². The Morgan fingerprint density at radius 2 is 2.43 bits per heavy atom. The number of hydrogen-bond donors (Lipinski definition) is 0. The summed E-state index contributed by atoms with van der Waals surface area (Å²) in [4.78, 5) is 11.4. The molecule has 0 aromatic carbocycles. The van der Waals surface area contributed by atoms with Crippen molar-refractivity contribution in [1.82, 2.24) is 0 Å². The number of carbonyl (C=O) groups excluding carboxylic acids is 1. The molecule has 2 rings (SSSR count). The molecule has 2 atom stereocenters. The SMILES string of the molecule is CCOC(=O)CC1(C2CO2)CCOC1. The van der Waals surface area contributed by atoms with Gasteiger partial charge in [0, 0.05) is 12.0 Å². The van der Waals surface area contributed by atoms with Crippen LogP contribution >= 0.6 is 0 Å². The molecule has 0 saturated carbocycles. The number of epoxide rings is 1. The minimum Gasteiger partial charge on any atom is -0.466 e. The van der Waals surface area contributed by atoms with Gasteiger partial charge in [0.1, 0.15) is 0 Å².